The van der Waals surface area contributed by atoms with Gasteiger partial charge in [-0.25, -0.2) is 13.1 Å². The van der Waals surface area contributed by atoms with Crippen molar-refractivity contribution in [3.8, 4) is 0 Å². The zero-order valence-electron chi connectivity index (χ0n) is 11.2. The van der Waals surface area contributed by atoms with Gasteiger partial charge in [-0.05, 0) is 37.0 Å². The predicted octanol–water partition coefficient (Wildman–Crippen LogP) is 1.74. The first-order chi connectivity index (χ1) is 8.91. The van der Waals surface area contributed by atoms with E-state index in [9.17, 15) is 13.2 Å². The summed E-state index contributed by atoms with van der Waals surface area (Å²) >= 11 is 0. The summed E-state index contributed by atoms with van der Waals surface area (Å²) in [7, 11) is -3.23. The summed E-state index contributed by atoms with van der Waals surface area (Å²) < 4.78 is 26.4. The van der Waals surface area contributed by atoms with Crippen molar-refractivity contribution in [1.29, 1.82) is 0 Å². The number of carboxylic acid groups (broad SMARTS) is 1. The Labute approximate surface area is 114 Å². The van der Waals surface area contributed by atoms with Crippen LogP contribution in [-0.4, -0.2) is 31.8 Å². The molecule has 6 heteroatoms. The van der Waals surface area contributed by atoms with Crippen LogP contribution in [-0.2, 0) is 14.8 Å². The topological polar surface area (TPSA) is 83.5 Å². The van der Waals surface area contributed by atoms with Gasteiger partial charge in [-0.2, -0.15) is 0 Å². The number of carbonyl (C=O) groups is 1. The van der Waals surface area contributed by atoms with Crippen LogP contribution in [0.2, 0.25) is 0 Å². The molecule has 2 saturated carbocycles. The van der Waals surface area contributed by atoms with Crippen LogP contribution >= 0.6 is 0 Å². The number of sulfonamides is 1. The Morgan fingerprint density at radius 1 is 1.21 bits per heavy atom. The van der Waals surface area contributed by atoms with Gasteiger partial charge < -0.3 is 5.11 Å². The first kappa shape index (κ1) is 14.8. The average Bonchev–Trinajstić information content (AvgIpc) is 3.10. The van der Waals surface area contributed by atoms with Gasteiger partial charge in [-0.15, -0.1) is 0 Å². The van der Waals surface area contributed by atoms with Gasteiger partial charge in [0, 0.05) is 6.54 Å². The Balaban J connectivity index is 1.93. The fourth-order valence-electron chi connectivity index (χ4n) is 2.96. The van der Waals surface area contributed by atoms with Crippen molar-refractivity contribution in [3.05, 3.63) is 0 Å². The summed E-state index contributed by atoms with van der Waals surface area (Å²) in [5, 5.41) is 9.04. The summed E-state index contributed by atoms with van der Waals surface area (Å²) in [6.45, 7) is 0.286. The predicted molar refractivity (Wildman–Crippen MR) is 72.3 cm³/mol. The van der Waals surface area contributed by atoms with E-state index in [0.29, 0.717) is 5.92 Å². The molecule has 0 unspecified atom stereocenters. The third-order valence-electron chi connectivity index (χ3n) is 4.26. The van der Waals surface area contributed by atoms with Crippen molar-refractivity contribution in [1.82, 2.24) is 4.72 Å². The van der Waals surface area contributed by atoms with Crippen LogP contribution in [0.15, 0.2) is 0 Å². The van der Waals surface area contributed by atoms with Crippen LogP contribution in [0.5, 0.6) is 0 Å². The van der Waals surface area contributed by atoms with Crippen molar-refractivity contribution in [2.75, 3.05) is 12.3 Å². The molecule has 2 fully saturated rings. The number of aliphatic carboxylic acids is 1. The van der Waals surface area contributed by atoms with E-state index in [-0.39, 0.29) is 24.1 Å². The molecular formula is C13H23NO4S. The maximum atomic E-state index is 11.9. The molecular weight excluding hydrogens is 266 g/mol. The number of hydrogen-bond donors (Lipinski definition) is 2. The Hall–Kier alpha value is -0.620. The third-order valence-corrected chi connectivity index (χ3v) is 5.75. The SMILES string of the molecule is O=C(O)CC1(CNS(=O)(=O)CC2CC2)CCCCC1. The lowest BCUT2D eigenvalue weighted by molar-refractivity contribution is -0.140. The maximum absolute atomic E-state index is 11.9. The molecule has 0 saturated heterocycles. The molecule has 2 N–H and O–H groups in total. The normalized spacial score (nSPS) is 23.2. The molecule has 0 radical (unpaired) electrons. The Morgan fingerprint density at radius 3 is 2.37 bits per heavy atom. The highest BCUT2D eigenvalue weighted by atomic mass is 32.2. The van der Waals surface area contributed by atoms with E-state index in [1.54, 1.807) is 0 Å². The minimum absolute atomic E-state index is 0.0684. The highest BCUT2D eigenvalue weighted by Crippen LogP contribution is 2.39. The van der Waals surface area contributed by atoms with E-state index in [1.165, 1.54) is 0 Å². The van der Waals surface area contributed by atoms with Gasteiger partial charge >= 0.3 is 5.97 Å². The molecule has 0 atom stereocenters. The molecule has 19 heavy (non-hydrogen) atoms. The van der Waals surface area contributed by atoms with Crippen molar-refractivity contribution in [3.63, 3.8) is 0 Å². The van der Waals surface area contributed by atoms with Crippen LogP contribution in [0, 0.1) is 11.3 Å². The minimum Gasteiger partial charge on any atom is -0.481 e. The van der Waals surface area contributed by atoms with Gasteiger partial charge in [-0.1, -0.05) is 19.3 Å². The highest BCUT2D eigenvalue weighted by Gasteiger charge is 2.36. The second-order valence-electron chi connectivity index (χ2n) is 6.18. The van der Waals surface area contributed by atoms with Crippen LogP contribution in [0.3, 0.4) is 0 Å². The molecule has 0 amide bonds. The molecule has 0 aliphatic heterocycles. The van der Waals surface area contributed by atoms with Gasteiger partial charge in [0.15, 0.2) is 0 Å². The van der Waals surface area contributed by atoms with Gasteiger partial charge in [0.25, 0.3) is 0 Å². The molecule has 0 heterocycles. The summed E-state index contributed by atoms with van der Waals surface area (Å²) in [5.74, 6) is -0.307. The van der Waals surface area contributed by atoms with E-state index in [4.69, 9.17) is 5.11 Å². The van der Waals surface area contributed by atoms with Crippen molar-refractivity contribution in [2.45, 2.75) is 51.4 Å². The maximum Gasteiger partial charge on any atom is 0.303 e. The molecule has 2 rings (SSSR count). The summed E-state index contributed by atoms with van der Waals surface area (Å²) in [6, 6.07) is 0. The molecule has 0 bridgehead atoms. The first-order valence-corrected chi connectivity index (χ1v) is 8.75. The largest absolute Gasteiger partial charge is 0.481 e. The van der Waals surface area contributed by atoms with Crippen LogP contribution < -0.4 is 4.72 Å². The molecule has 0 aromatic rings. The van der Waals surface area contributed by atoms with E-state index < -0.39 is 16.0 Å². The summed E-state index contributed by atoms with van der Waals surface area (Å²) in [4.78, 5) is 11.0. The Kier molecular flexibility index (Phi) is 4.50. The smallest absolute Gasteiger partial charge is 0.303 e. The quantitative estimate of drug-likeness (QED) is 0.748. The number of nitrogens with one attached hydrogen (secondary N) is 1. The van der Waals surface area contributed by atoms with Crippen molar-refractivity contribution < 1.29 is 18.3 Å². The second kappa shape index (κ2) is 5.79. The lowest BCUT2D eigenvalue weighted by Crippen LogP contribution is -2.41. The molecule has 5 nitrogen and oxygen atoms in total. The monoisotopic (exact) mass is 289 g/mol. The standard InChI is InChI=1S/C13H23NO4S/c15-12(16)8-13(6-2-1-3-7-13)10-14-19(17,18)9-11-4-5-11/h11,14H,1-10H2,(H,15,16). The molecule has 0 aromatic heterocycles. The van der Waals surface area contributed by atoms with E-state index in [0.717, 1.165) is 44.9 Å². The molecule has 2 aliphatic carbocycles. The number of hydrogen-bond acceptors (Lipinski definition) is 3. The summed E-state index contributed by atoms with van der Waals surface area (Å²) in [5.41, 5.74) is -0.374. The van der Waals surface area contributed by atoms with Crippen LogP contribution in [0.4, 0.5) is 0 Å². The van der Waals surface area contributed by atoms with Crippen molar-refractivity contribution in [2.24, 2.45) is 11.3 Å². The highest BCUT2D eigenvalue weighted by molar-refractivity contribution is 7.89. The average molecular weight is 289 g/mol. The zero-order valence-corrected chi connectivity index (χ0v) is 12.0. The van der Waals surface area contributed by atoms with E-state index in [1.807, 2.05) is 0 Å². The fourth-order valence-corrected chi connectivity index (χ4v) is 4.55. The summed E-state index contributed by atoms with van der Waals surface area (Å²) in [6.07, 6.45) is 6.81. The molecule has 0 spiro atoms. The van der Waals surface area contributed by atoms with Crippen LogP contribution in [0.1, 0.15) is 51.4 Å². The lowest BCUT2D eigenvalue weighted by Gasteiger charge is -2.36. The van der Waals surface area contributed by atoms with E-state index >= 15 is 0 Å². The fraction of sp³-hybridized carbons (Fsp3) is 0.923. The first-order valence-electron chi connectivity index (χ1n) is 7.10. The molecule has 0 aromatic carbocycles. The molecule has 110 valence electrons. The van der Waals surface area contributed by atoms with Gasteiger partial charge in [0.2, 0.25) is 10.0 Å². The van der Waals surface area contributed by atoms with Gasteiger partial charge in [-0.3, -0.25) is 4.79 Å². The zero-order chi connectivity index (χ0) is 13.9. The second-order valence-corrected chi connectivity index (χ2v) is 8.03. The lowest BCUT2D eigenvalue weighted by atomic mass is 9.72. The Bertz CT molecular complexity index is 422. The number of carboxylic acids is 1. The van der Waals surface area contributed by atoms with E-state index in [2.05, 4.69) is 4.72 Å². The van der Waals surface area contributed by atoms with Crippen LogP contribution in [0.25, 0.3) is 0 Å². The third kappa shape index (κ3) is 4.76. The minimum atomic E-state index is -3.23. The molecule has 2 aliphatic rings. The van der Waals surface area contributed by atoms with Gasteiger partial charge in [0.05, 0.1) is 12.2 Å². The van der Waals surface area contributed by atoms with Crippen molar-refractivity contribution >= 4 is 16.0 Å². The van der Waals surface area contributed by atoms with Gasteiger partial charge in [0.1, 0.15) is 0 Å². The Morgan fingerprint density at radius 2 is 1.84 bits per heavy atom. The number of rotatable bonds is 7.